The quantitative estimate of drug-likeness (QED) is 0.588. The van der Waals surface area contributed by atoms with Crippen molar-refractivity contribution in [3.05, 3.63) is 30.1 Å². The van der Waals surface area contributed by atoms with E-state index in [1.165, 1.54) is 24.3 Å². The van der Waals surface area contributed by atoms with Crippen LogP contribution in [0.3, 0.4) is 0 Å². The van der Waals surface area contributed by atoms with Gasteiger partial charge in [-0.15, -0.1) is 0 Å². The van der Waals surface area contributed by atoms with Crippen LogP contribution in [0.15, 0.2) is 24.3 Å². The van der Waals surface area contributed by atoms with Crippen LogP contribution in [0.1, 0.15) is 12.8 Å². The van der Waals surface area contributed by atoms with E-state index in [2.05, 4.69) is 5.32 Å². The van der Waals surface area contributed by atoms with Gasteiger partial charge in [0, 0.05) is 6.61 Å². The number of nitrogens with one attached hydrogen (secondary N) is 1. The number of anilines is 1. The number of hydrogen-bond donors (Lipinski definition) is 4. The SMILES string of the molecule is O=C(Nc1ccccc1F)[C@H](O)[C@@H](O)CCCO. The highest BCUT2D eigenvalue weighted by atomic mass is 19.1. The van der Waals surface area contributed by atoms with E-state index in [1.54, 1.807) is 0 Å². The molecule has 0 radical (unpaired) electrons. The third kappa shape index (κ3) is 4.06. The minimum Gasteiger partial charge on any atom is -0.396 e. The second-order valence-corrected chi connectivity index (χ2v) is 3.85. The Kier molecular flexibility index (Phi) is 5.70. The Labute approximate surface area is 104 Å². The number of carbonyl (C=O) groups excluding carboxylic acids is 1. The highest BCUT2D eigenvalue weighted by Gasteiger charge is 2.24. The third-order valence-electron chi connectivity index (χ3n) is 2.42. The van der Waals surface area contributed by atoms with Gasteiger partial charge in [0.2, 0.25) is 0 Å². The molecule has 0 unspecified atom stereocenters. The molecule has 0 aromatic heterocycles. The zero-order valence-electron chi connectivity index (χ0n) is 9.71. The highest BCUT2D eigenvalue weighted by molar-refractivity contribution is 5.94. The molecule has 1 aromatic rings. The molecule has 1 rings (SSSR count). The summed E-state index contributed by atoms with van der Waals surface area (Å²) in [5.41, 5.74) is -0.0593. The summed E-state index contributed by atoms with van der Waals surface area (Å²) < 4.78 is 13.2. The monoisotopic (exact) mass is 257 g/mol. The van der Waals surface area contributed by atoms with E-state index < -0.39 is 23.9 Å². The van der Waals surface area contributed by atoms with E-state index in [0.29, 0.717) is 0 Å². The van der Waals surface area contributed by atoms with E-state index >= 15 is 0 Å². The third-order valence-corrected chi connectivity index (χ3v) is 2.42. The van der Waals surface area contributed by atoms with Crippen molar-refractivity contribution in [2.24, 2.45) is 0 Å². The average Bonchev–Trinajstić information content (AvgIpc) is 2.37. The Balaban J connectivity index is 2.57. The topological polar surface area (TPSA) is 89.8 Å². The molecule has 0 heterocycles. The van der Waals surface area contributed by atoms with Crippen molar-refractivity contribution < 1.29 is 24.5 Å². The fourth-order valence-electron chi connectivity index (χ4n) is 1.40. The smallest absolute Gasteiger partial charge is 0.255 e. The maximum absolute atomic E-state index is 13.2. The molecule has 0 aliphatic rings. The standard InChI is InChI=1S/C12H16FNO4/c13-8-4-1-2-5-9(8)14-12(18)11(17)10(16)6-3-7-15/h1-2,4-5,10-11,15-17H,3,6-7H2,(H,14,18)/t10-,11+/m0/s1. The summed E-state index contributed by atoms with van der Waals surface area (Å²) in [4.78, 5) is 11.5. The fourth-order valence-corrected chi connectivity index (χ4v) is 1.40. The molecule has 1 amide bonds. The van der Waals surface area contributed by atoms with Crippen molar-refractivity contribution in [1.29, 1.82) is 0 Å². The molecule has 0 saturated carbocycles. The van der Waals surface area contributed by atoms with Crippen molar-refractivity contribution in [1.82, 2.24) is 0 Å². The minimum absolute atomic E-state index is 0.0593. The lowest BCUT2D eigenvalue weighted by Crippen LogP contribution is -2.38. The molecule has 0 fully saturated rings. The molecule has 5 nitrogen and oxygen atoms in total. The highest BCUT2D eigenvalue weighted by Crippen LogP contribution is 2.13. The summed E-state index contributed by atoms with van der Waals surface area (Å²) in [5, 5.41) is 29.7. The Morgan fingerprint density at radius 2 is 2.00 bits per heavy atom. The van der Waals surface area contributed by atoms with Crippen LogP contribution in [0, 0.1) is 5.82 Å². The minimum atomic E-state index is -1.66. The van der Waals surface area contributed by atoms with E-state index in [4.69, 9.17) is 5.11 Å². The van der Waals surface area contributed by atoms with Crippen molar-refractivity contribution >= 4 is 11.6 Å². The number of rotatable bonds is 6. The fraction of sp³-hybridized carbons (Fsp3) is 0.417. The molecule has 6 heteroatoms. The molecule has 2 atom stereocenters. The second kappa shape index (κ2) is 7.05. The number of hydrogen-bond acceptors (Lipinski definition) is 4. The number of para-hydroxylation sites is 1. The summed E-state index contributed by atoms with van der Waals surface area (Å²) in [6, 6.07) is 5.52. The van der Waals surface area contributed by atoms with Gasteiger partial charge in [-0.3, -0.25) is 4.79 Å². The summed E-state index contributed by atoms with van der Waals surface area (Å²) >= 11 is 0. The lowest BCUT2D eigenvalue weighted by atomic mass is 10.1. The Bertz CT molecular complexity index is 399. The zero-order chi connectivity index (χ0) is 13.5. The average molecular weight is 257 g/mol. The molecule has 1 aromatic carbocycles. The summed E-state index contributed by atoms with van der Waals surface area (Å²) in [6.07, 6.45) is -2.59. The maximum atomic E-state index is 13.2. The molecule has 0 saturated heterocycles. The molecular weight excluding hydrogens is 241 g/mol. The van der Waals surface area contributed by atoms with E-state index in [0.717, 1.165) is 0 Å². The molecular formula is C12H16FNO4. The number of halogens is 1. The number of benzene rings is 1. The molecule has 0 bridgehead atoms. The number of aliphatic hydroxyl groups excluding tert-OH is 3. The largest absolute Gasteiger partial charge is 0.396 e. The number of aliphatic hydroxyl groups is 3. The first kappa shape index (κ1) is 14.6. The van der Waals surface area contributed by atoms with Crippen molar-refractivity contribution in [3.8, 4) is 0 Å². The molecule has 100 valence electrons. The van der Waals surface area contributed by atoms with Gasteiger partial charge in [0.1, 0.15) is 5.82 Å². The number of amides is 1. The van der Waals surface area contributed by atoms with Crippen molar-refractivity contribution in [2.45, 2.75) is 25.0 Å². The van der Waals surface area contributed by atoms with Gasteiger partial charge in [0.25, 0.3) is 5.91 Å². The van der Waals surface area contributed by atoms with Gasteiger partial charge in [-0.2, -0.15) is 0 Å². The summed E-state index contributed by atoms with van der Waals surface area (Å²) in [7, 11) is 0. The van der Waals surface area contributed by atoms with Crippen LogP contribution in [0.5, 0.6) is 0 Å². The first-order valence-electron chi connectivity index (χ1n) is 5.58. The van der Waals surface area contributed by atoms with E-state index in [-0.39, 0.29) is 25.1 Å². The van der Waals surface area contributed by atoms with Crippen LogP contribution in [-0.2, 0) is 4.79 Å². The van der Waals surface area contributed by atoms with E-state index in [9.17, 15) is 19.4 Å². The molecule has 4 N–H and O–H groups in total. The van der Waals surface area contributed by atoms with Crippen LogP contribution in [0.2, 0.25) is 0 Å². The van der Waals surface area contributed by atoms with Crippen molar-refractivity contribution in [3.63, 3.8) is 0 Å². The summed E-state index contributed by atoms with van der Waals surface area (Å²) in [6.45, 7) is -0.140. The Hall–Kier alpha value is -1.50. The van der Waals surface area contributed by atoms with Gasteiger partial charge in [-0.1, -0.05) is 12.1 Å². The van der Waals surface area contributed by atoms with E-state index in [1.807, 2.05) is 0 Å². The van der Waals surface area contributed by atoms with Crippen LogP contribution in [0.4, 0.5) is 10.1 Å². The van der Waals surface area contributed by atoms with Gasteiger partial charge in [-0.25, -0.2) is 4.39 Å². The van der Waals surface area contributed by atoms with Gasteiger partial charge in [0.05, 0.1) is 11.8 Å². The number of carbonyl (C=O) groups is 1. The van der Waals surface area contributed by atoms with Crippen LogP contribution in [-0.4, -0.2) is 40.0 Å². The zero-order valence-corrected chi connectivity index (χ0v) is 9.71. The van der Waals surface area contributed by atoms with Crippen LogP contribution in [0.25, 0.3) is 0 Å². The van der Waals surface area contributed by atoms with Crippen LogP contribution >= 0.6 is 0 Å². The van der Waals surface area contributed by atoms with Crippen molar-refractivity contribution in [2.75, 3.05) is 11.9 Å². The second-order valence-electron chi connectivity index (χ2n) is 3.85. The van der Waals surface area contributed by atoms with Gasteiger partial charge in [0.15, 0.2) is 6.10 Å². The van der Waals surface area contributed by atoms with Gasteiger partial charge in [-0.05, 0) is 25.0 Å². The Morgan fingerprint density at radius 3 is 2.61 bits per heavy atom. The Morgan fingerprint density at radius 1 is 1.33 bits per heavy atom. The van der Waals surface area contributed by atoms with Gasteiger partial charge >= 0.3 is 0 Å². The maximum Gasteiger partial charge on any atom is 0.255 e. The lowest BCUT2D eigenvalue weighted by molar-refractivity contribution is -0.130. The lowest BCUT2D eigenvalue weighted by Gasteiger charge is -2.17. The normalized spacial score (nSPS) is 14.0. The molecule has 0 aliphatic carbocycles. The molecule has 18 heavy (non-hydrogen) atoms. The molecule has 0 spiro atoms. The molecule has 0 aliphatic heterocycles. The summed E-state index contributed by atoms with van der Waals surface area (Å²) in [5.74, 6) is -1.51. The predicted octanol–water partition coefficient (Wildman–Crippen LogP) is 0.259. The van der Waals surface area contributed by atoms with Crippen LogP contribution < -0.4 is 5.32 Å². The van der Waals surface area contributed by atoms with Gasteiger partial charge < -0.3 is 20.6 Å². The first-order valence-corrected chi connectivity index (χ1v) is 5.58. The first-order chi connectivity index (χ1) is 8.56. The predicted molar refractivity (Wildman–Crippen MR) is 63.4 cm³/mol.